The van der Waals surface area contributed by atoms with Crippen molar-refractivity contribution in [3.8, 4) is 6.07 Å². The summed E-state index contributed by atoms with van der Waals surface area (Å²) < 4.78 is 26.9. The van der Waals surface area contributed by atoms with Crippen molar-refractivity contribution in [2.45, 2.75) is 12.5 Å². The minimum absolute atomic E-state index is 0.141. The summed E-state index contributed by atoms with van der Waals surface area (Å²) in [5.41, 5.74) is 1.31. The summed E-state index contributed by atoms with van der Waals surface area (Å²) in [6.07, 6.45) is 0.343. The zero-order valence-corrected chi connectivity index (χ0v) is 13.7. The quantitative estimate of drug-likeness (QED) is 0.779. The molecule has 2 aromatic carbocycles. The maximum Gasteiger partial charge on any atom is 0.230 e. The van der Waals surface area contributed by atoms with Crippen LogP contribution in [0.15, 0.2) is 48.5 Å². The van der Waals surface area contributed by atoms with Gasteiger partial charge in [-0.2, -0.15) is 5.26 Å². The van der Waals surface area contributed by atoms with Crippen LogP contribution in [0.5, 0.6) is 0 Å². The number of amides is 1. The number of hydrogen-bond acceptors (Lipinski definition) is 3. The molecule has 0 aliphatic carbocycles. The van der Waals surface area contributed by atoms with E-state index in [2.05, 4.69) is 5.32 Å². The highest BCUT2D eigenvalue weighted by molar-refractivity contribution is 8.00. The van der Waals surface area contributed by atoms with E-state index >= 15 is 0 Å². The zero-order chi connectivity index (χ0) is 17.4. The van der Waals surface area contributed by atoms with E-state index in [0.29, 0.717) is 17.5 Å². The average molecular weight is 346 g/mol. The van der Waals surface area contributed by atoms with Gasteiger partial charge in [-0.1, -0.05) is 24.3 Å². The number of thioether (sulfide) groups is 1. The van der Waals surface area contributed by atoms with Crippen LogP contribution in [-0.4, -0.2) is 17.4 Å². The molecule has 1 atom stereocenters. The van der Waals surface area contributed by atoms with Gasteiger partial charge in [-0.15, -0.1) is 11.8 Å². The molecule has 3 nitrogen and oxygen atoms in total. The lowest BCUT2D eigenvalue weighted by molar-refractivity contribution is -0.119. The molecular formula is C18H16F2N2OS. The molecule has 0 heterocycles. The lowest BCUT2D eigenvalue weighted by atomic mass is 9.98. The molecule has 2 aromatic rings. The van der Waals surface area contributed by atoms with Gasteiger partial charge in [-0.05, 0) is 41.8 Å². The van der Waals surface area contributed by atoms with Crippen molar-refractivity contribution in [1.82, 2.24) is 5.32 Å². The number of hydrogen-bond donors (Lipinski definition) is 1. The molecule has 2 rings (SSSR count). The highest BCUT2D eigenvalue weighted by Gasteiger charge is 2.16. The first kappa shape index (κ1) is 18.0. The molecule has 0 aliphatic heterocycles. The molecule has 0 radical (unpaired) electrons. The second-order valence-electron chi connectivity index (χ2n) is 5.16. The number of carbonyl (C=O) groups excluding carboxylic acids is 1. The van der Waals surface area contributed by atoms with Gasteiger partial charge in [0, 0.05) is 0 Å². The fraction of sp³-hybridized carbons (Fsp3) is 0.222. The Morgan fingerprint density at radius 3 is 2.54 bits per heavy atom. The summed E-state index contributed by atoms with van der Waals surface area (Å²) in [4.78, 5) is 12.0. The molecule has 1 N–H and O–H groups in total. The van der Waals surface area contributed by atoms with Crippen molar-refractivity contribution in [3.05, 3.63) is 71.3 Å². The van der Waals surface area contributed by atoms with E-state index in [0.717, 1.165) is 0 Å². The van der Waals surface area contributed by atoms with Crippen LogP contribution in [0.2, 0.25) is 0 Å². The summed E-state index contributed by atoms with van der Waals surface area (Å²) in [5.74, 6) is -0.642. The third-order valence-corrected chi connectivity index (χ3v) is 4.11. The minimum atomic E-state index is -0.474. The summed E-state index contributed by atoms with van der Waals surface area (Å²) in [5, 5.41) is 11.3. The van der Waals surface area contributed by atoms with Gasteiger partial charge in [0.25, 0.3) is 0 Å². The molecular weight excluding hydrogens is 330 g/mol. The van der Waals surface area contributed by atoms with Crippen LogP contribution >= 0.6 is 11.8 Å². The molecule has 0 spiro atoms. The Morgan fingerprint density at radius 1 is 1.17 bits per heavy atom. The van der Waals surface area contributed by atoms with E-state index in [1.54, 1.807) is 24.3 Å². The monoisotopic (exact) mass is 346 g/mol. The Kier molecular flexibility index (Phi) is 6.76. The molecule has 0 unspecified atom stereocenters. The molecule has 0 saturated carbocycles. The molecule has 0 fully saturated rings. The van der Waals surface area contributed by atoms with Gasteiger partial charge in [0.2, 0.25) is 5.91 Å². The van der Waals surface area contributed by atoms with Crippen LogP contribution < -0.4 is 5.32 Å². The van der Waals surface area contributed by atoms with Gasteiger partial charge in [0.05, 0.1) is 23.6 Å². The minimum Gasteiger partial charge on any atom is -0.348 e. The number of nitrogens with zero attached hydrogens (tertiary/aromatic N) is 1. The van der Waals surface area contributed by atoms with Gasteiger partial charge in [0.1, 0.15) is 11.6 Å². The highest BCUT2D eigenvalue weighted by atomic mass is 32.2. The Balaban J connectivity index is 2.15. The van der Waals surface area contributed by atoms with Gasteiger partial charge in [0.15, 0.2) is 0 Å². The van der Waals surface area contributed by atoms with Gasteiger partial charge in [-0.25, -0.2) is 8.78 Å². The number of rotatable bonds is 7. The van der Waals surface area contributed by atoms with E-state index in [9.17, 15) is 13.6 Å². The van der Waals surface area contributed by atoms with Crippen molar-refractivity contribution >= 4 is 17.7 Å². The molecule has 124 valence electrons. The summed E-state index contributed by atoms with van der Waals surface area (Å²) in [7, 11) is 0. The first-order chi connectivity index (χ1) is 11.6. The van der Waals surface area contributed by atoms with Crippen molar-refractivity contribution in [3.63, 3.8) is 0 Å². The SMILES string of the molecule is N#CCSCC(=O)N[C@@H](Cc1cccc(F)c1)c1cccc(F)c1. The van der Waals surface area contributed by atoms with Gasteiger partial charge in [-0.3, -0.25) is 4.79 Å². The molecule has 6 heteroatoms. The maximum absolute atomic E-state index is 13.5. The molecule has 0 saturated heterocycles. The lowest BCUT2D eigenvalue weighted by Gasteiger charge is -2.19. The normalized spacial score (nSPS) is 11.5. The van der Waals surface area contributed by atoms with Gasteiger partial charge < -0.3 is 5.32 Å². The number of nitrogens with one attached hydrogen (secondary N) is 1. The Bertz CT molecular complexity index is 746. The third kappa shape index (κ3) is 5.67. The average Bonchev–Trinajstić information content (AvgIpc) is 2.54. The summed E-state index contributed by atoms with van der Waals surface area (Å²) >= 11 is 1.20. The van der Waals surface area contributed by atoms with Crippen molar-refractivity contribution < 1.29 is 13.6 Å². The predicted molar refractivity (Wildman–Crippen MR) is 90.3 cm³/mol. The largest absolute Gasteiger partial charge is 0.348 e. The van der Waals surface area contributed by atoms with Crippen molar-refractivity contribution in [2.24, 2.45) is 0 Å². The molecule has 0 aliphatic rings. The number of benzene rings is 2. The first-order valence-corrected chi connectivity index (χ1v) is 8.48. The smallest absolute Gasteiger partial charge is 0.230 e. The number of halogens is 2. The Labute approximate surface area is 143 Å². The standard InChI is InChI=1S/C18H16F2N2OS/c19-15-5-1-3-13(9-15)10-17(14-4-2-6-16(20)11-14)22-18(23)12-24-8-7-21/h1-6,9,11,17H,8,10,12H2,(H,22,23)/t17-/m0/s1. The van der Waals surface area contributed by atoms with E-state index in [-0.39, 0.29) is 23.2 Å². The third-order valence-electron chi connectivity index (χ3n) is 3.31. The predicted octanol–water partition coefficient (Wildman–Crippen LogP) is 3.62. The van der Waals surface area contributed by atoms with E-state index in [1.165, 1.54) is 36.0 Å². The van der Waals surface area contributed by atoms with Crippen LogP contribution in [0.3, 0.4) is 0 Å². The van der Waals surface area contributed by atoms with E-state index in [4.69, 9.17) is 5.26 Å². The second-order valence-corrected chi connectivity index (χ2v) is 6.15. The highest BCUT2D eigenvalue weighted by Crippen LogP contribution is 2.20. The van der Waals surface area contributed by atoms with Crippen LogP contribution in [0.4, 0.5) is 8.78 Å². The van der Waals surface area contributed by atoms with Crippen LogP contribution in [0.1, 0.15) is 17.2 Å². The number of carbonyl (C=O) groups is 1. The number of nitriles is 1. The van der Waals surface area contributed by atoms with Gasteiger partial charge >= 0.3 is 0 Å². The fourth-order valence-electron chi connectivity index (χ4n) is 2.30. The first-order valence-electron chi connectivity index (χ1n) is 7.32. The molecule has 24 heavy (non-hydrogen) atoms. The van der Waals surface area contributed by atoms with Crippen molar-refractivity contribution in [2.75, 3.05) is 11.5 Å². The fourth-order valence-corrected chi connectivity index (χ4v) is 2.76. The molecule has 0 bridgehead atoms. The van der Waals surface area contributed by atoms with Crippen LogP contribution in [0, 0.1) is 23.0 Å². The topological polar surface area (TPSA) is 52.9 Å². The molecule has 1 amide bonds. The Morgan fingerprint density at radius 2 is 1.88 bits per heavy atom. The summed E-state index contributed by atoms with van der Waals surface area (Å²) in [6.45, 7) is 0. The van der Waals surface area contributed by atoms with E-state index in [1.807, 2.05) is 6.07 Å². The van der Waals surface area contributed by atoms with Crippen molar-refractivity contribution in [1.29, 1.82) is 5.26 Å². The second kappa shape index (κ2) is 9.04. The summed E-state index contributed by atoms with van der Waals surface area (Å²) in [6, 6.07) is 13.5. The van der Waals surface area contributed by atoms with E-state index < -0.39 is 11.9 Å². The van der Waals surface area contributed by atoms with Crippen LogP contribution in [-0.2, 0) is 11.2 Å². The lowest BCUT2D eigenvalue weighted by Crippen LogP contribution is -2.31. The Hall–Kier alpha value is -2.39. The maximum atomic E-state index is 13.5. The molecule has 0 aromatic heterocycles. The zero-order valence-electron chi connectivity index (χ0n) is 12.8. The van der Waals surface area contributed by atoms with Crippen LogP contribution in [0.25, 0.3) is 0 Å².